The van der Waals surface area contributed by atoms with Gasteiger partial charge in [0.1, 0.15) is 8.64 Å². The quantitative estimate of drug-likeness (QED) is 0.152. The van der Waals surface area contributed by atoms with Gasteiger partial charge in [-0.25, -0.2) is 0 Å². The molecule has 0 unspecified atom stereocenters. The van der Waals surface area contributed by atoms with Crippen LogP contribution in [0.15, 0.2) is 9.81 Å². The Hall–Kier alpha value is -1.66. The number of hydrogen-bond acceptors (Lipinski definition) is 12. The number of hydrogen-bond donors (Lipinski definition) is 2. The van der Waals surface area contributed by atoms with Crippen LogP contribution < -0.4 is 10.6 Å². The fourth-order valence-electron chi connectivity index (χ4n) is 4.77. The maximum absolute atomic E-state index is 13.1. The molecular weight excluding hydrogens is 621 g/mol. The zero-order chi connectivity index (χ0) is 29.9. The first-order valence-corrected chi connectivity index (χ1v) is 16.7. The first kappa shape index (κ1) is 33.2. The fraction of sp³-hybridized carbons (Fsp3) is 0.692. The molecule has 4 aliphatic heterocycles. The molecule has 0 radical (unpaired) electrons. The summed E-state index contributed by atoms with van der Waals surface area (Å²) in [5.74, 6) is -1.11. The van der Waals surface area contributed by atoms with Gasteiger partial charge in [-0.15, -0.1) is 0 Å². The lowest BCUT2D eigenvalue weighted by molar-refractivity contribution is -0.126. The zero-order valence-electron chi connectivity index (χ0n) is 23.6. The second kappa shape index (κ2) is 17.0. The SMILES string of the molecule is O=C(CCN1C(=O)C(=C2SC(=S)N(CCC(=O)NCCCN3CCOCC3)C2=O)SC1=S)NCCCN1CCOCC1. The normalized spacial score (nSPS) is 22.4. The van der Waals surface area contributed by atoms with Crippen LogP contribution in [-0.4, -0.2) is 144 Å². The van der Waals surface area contributed by atoms with E-state index in [1.54, 1.807) is 0 Å². The van der Waals surface area contributed by atoms with Crippen LogP contribution in [0.2, 0.25) is 0 Å². The molecule has 4 aliphatic rings. The number of carbonyl (C=O) groups excluding carboxylic acids is 4. The fourth-order valence-corrected chi connectivity index (χ4v) is 7.54. The summed E-state index contributed by atoms with van der Waals surface area (Å²) in [4.78, 5) is 58.8. The number of thioether (sulfide) groups is 2. The van der Waals surface area contributed by atoms with Gasteiger partial charge in [-0.1, -0.05) is 48.0 Å². The zero-order valence-corrected chi connectivity index (χ0v) is 26.9. The van der Waals surface area contributed by atoms with Gasteiger partial charge in [0.25, 0.3) is 11.8 Å². The lowest BCUT2D eigenvalue weighted by atomic mass is 10.3. The van der Waals surface area contributed by atoms with Crippen molar-refractivity contribution in [2.45, 2.75) is 25.7 Å². The van der Waals surface area contributed by atoms with Crippen molar-refractivity contribution in [1.82, 2.24) is 30.2 Å². The van der Waals surface area contributed by atoms with Crippen LogP contribution in [0.25, 0.3) is 0 Å². The van der Waals surface area contributed by atoms with Crippen molar-refractivity contribution < 1.29 is 28.7 Å². The highest BCUT2D eigenvalue weighted by Crippen LogP contribution is 2.42. The van der Waals surface area contributed by atoms with E-state index in [9.17, 15) is 19.2 Å². The van der Waals surface area contributed by atoms with Crippen LogP contribution in [-0.2, 0) is 28.7 Å². The van der Waals surface area contributed by atoms with Gasteiger partial charge in [0.2, 0.25) is 11.8 Å². The maximum Gasteiger partial charge on any atom is 0.267 e. The molecule has 12 nitrogen and oxygen atoms in total. The summed E-state index contributed by atoms with van der Waals surface area (Å²) in [7, 11) is 0. The van der Waals surface area contributed by atoms with Gasteiger partial charge in [-0.3, -0.25) is 38.8 Å². The molecule has 4 heterocycles. The summed E-state index contributed by atoms with van der Waals surface area (Å²) in [6.45, 7) is 9.80. The summed E-state index contributed by atoms with van der Waals surface area (Å²) >= 11 is 12.9. The summed E-state index contributed by atoms with van der Waals surface area (Å²) in [5.41, 5.74) is 0. The average molecular weight is 659 g/mol. The molecular formula is C26H38N6O6S4. The summed E-state index contributed by atoms with van der Waals surface area (Å²) in [5, 5.41) is 5.79. The van der Waals surface area contributed by atoms with E-state index < -0.39 is 11.8 Å². The first-order valence-electron chi connectivity index (χ1n) is 14.3. The van der Waals surface area contributed by atoms with Crippen LogP contribution in [0.3, 0.4) is 0 Å². The van der Waals surface area contributed by atoms with E-state index >= 15 is 0 Å². The largest absolute Gasteiger partial charge is 0.379 e. The molecule has 0 spiro atoms. The smallest absolute Gasteiger partial charge is 0.267 e. The molecule has 4 saturated heterocycles. The number of morpholine rings is 2. The second-order valence-corrected chi connectivity index (χ2v) is 13.4. The van der Waals surface area contributed by atoms with E-state index in [0.717, 1.165) is 102 Å². The molecule has 232 valence electrons. The van der Waals surface area contributed by atoms with Crippen LogP contribution in [0.4, 0.5) is 0 Å². The van der Waals surface area contributed by atoms with E-state index in [1.165, 1.54) is 9.80 Å². The summed E-state index contributed by atoms with van der Waals surface area (Å²) < 4.78 is 11.3. The Kier molecular flexibility index (Phi) is 13.4. The Bertz CT molecular complexity index is 998. The third kappa shape index (κ3) is 9.67. The lowest BCUT2D eigenvalue weighted by Crippen LogP contribution is -2.38. The van der Waals surface area contributed by atoms with Gasteiger partial charge in [-0.05, 0) is 25.9 Å². The number of ether oxygens (including phenoxy) is 2. The minimum Gasteiger partial charge on any atom is -0.379 e. The van der Waals surface area contributed by atoms with Gasteiger partial charge >= 0.3 is 0 Å². The third-order valence-electron chi connectivity index (χ3n) is 7.18. The number of thiocarbonyl (C=S) groups is 2. The lowest BCUT2D eigenvalue weighted by Gasteiger charge is -2.26. The standard InChI is InChI=1S/C26H38N6O6S4/c33-19(27-5-1-7-29-11-15-37-16-12-29)3-9-31-23(35)21(41-25(31)39)22-24(36)32(26(40)42-22)10-4-20(34)28-6-2-8-30-13-17-38-18-14-30/h1-18H2,(H,27,33)(H,28,34). The molecule has 4 fully saturated rings. The van der Waals surface area contributed by atoms with Crippen molar-refractivity contribution in [2.75, 3.05) is 91.9 Å². The molecule has 0 aromatic carbocycles. The van der Waals surface area contributed by atoms with Gasteiger partial charge in [0.05, 0.1) is 36.2 Å². The first-order chi connectivity index (χ1) is 20.3. The predicted molar refractivity (Wildman–Crippen MR) is 170 cm³/mol. The van der Waals surface area contributed by atoms with Crippen molar-refractivity contribution in [3.05, 3.63) is 9.81 Å². The van der Waals surface area contributed by atoms with Crippen LogP contribution in [0, 0.1) is 0 Å². The van der Waals surface area contributed by atoms with Crippen LogP contribution >= 0.6 is 48.0 Å². The van der Waals surface area contributed by atoms with Crippen molar-refractivity contribution in [2.24, 2.45) is 0 Å². The van der Waals surface area contributed by atoms with E-state index in [-0.39, 0.29) is 47.6 Å². The van der Waals surface area contributed by atoms with E-state index in [2.05, 4.69) is 20.4 Å². The van der Waals surface area contributed by atoms with E-state index in [0.29, 0.717) is 21.7 Å². The van der Waals surface area contributed by atoms with Gasteiger partial charge in [0.15, 0.2) is 0 Å². The van der Waals surface area contributed by atoms with Gasteiger partial charge < -0.3 is 20.1 Å². The predicted octanol–water partition coefficient (Wildman–Crippen LogP) is 0.376. The molecule has 2 N–H and O–H groups in total. The van der Waals surface area contributed by atoms with E-state index in [1.807, 2.05) is 0 Å². The number of carbonyl (C=O) groups is 4. The topological polar surface area (TPSA) is 124 Å². The molecule has 0 atom stereocenters. The summed E-state index contributed by atoms with van der Waals surface area (Å²) in [6.07, 6.45) is 1.90. The van der Waals surface area contributed by atoms with Crippen molar-refractivity contribution in [3.8, 4) is 0 Å². The molecule has 16 heteroatoms. The monoisotopic (exact) mass is 658 g/mol. The Morgan fingerprint density at radius 3 is 1.43 bits per heavy atom. The molecule has 4 amide bonds. The van der Waals surface area contributed by atoms with Crippen molar-refractivity contribution in [3.63, 3.8) is 0 Å². The molecule has 0 saturated carbocycles. The Morgan fingerprint density at radius 2 is 1.05 bits per heavy atom. The molecule has 0 aromatic heterocycles. The molecule has 0 aliphatic carbocycles. The van der Waals surface area contributed by atoms with Gasteiger partial charge in [0, 0.05) is 65.2 Å². The molecule has 4 rings (SSSR count). The summed E-state index contributed by atoms with van der Waals surface area (Å²) in [6, 6.07) is 0. The minimum absolute atomic E-state index is 0.111. The van der Waals surface area contributed by atoms with E-state index in [4.69, 9.17) is 33.9 Å². The van der Waals surface area contributed by atoms with Crippen molar-refractivity contribution in [1.29, 1.82) is 0 Å². The number of nitrogens with zero attached hydrogens (tertiary/aromatic N) is 4. The van der Waals surface area contributed by atoms with Crippen molar-refractivity contribution >= 4 is 80.2 Å². The highest BCUT2D eigenvalue weighted by Gasteiger charge is 2.42. The molecule has 0 bridgehead atoms. The Morgan fingerprint density at radius 1 is 0.667 bits per heavy atom. The molecule has 42 heavy (non-hydrogen) atoms. The van der Waals surface area contributed by atoms with Crippen LogP contribution in [0.5, 0.6) is 0 Å². The minimum atomic E-state index is -0.399. The maximum atomic E-state index is 13.1. The highest BCUT2D eigenvalue weighted by molar-refractivity contribution is 8.29. The highest BCUT2D eigenvalue weighted by atomic mass is 32.2. The molecule has 0 aromatic rings. The Labute approximate surface area is 265 Å². The van der Waals surface area contributed by atoms with Crippen LogP contribution in [0.1, 0.15) is 25.7 Å². The van der Waals surface area contributed by atoms with Gasteiger partial charge in [-0.2, -0.15) is 0 Å². The Balaban J connectivity index is 1.17. The number of amides is 4. The number of rotatable bonds is 14. The number of nitrogens with one attached hydrogen (secondary N) is 2. The third-order valence-corrected chi connectivity index (χ3v) is 10.2. The second-order valence-electron chi connectivity index (χ2n) is 10.1. The average Bonchev–Trinajstić information content (AvgIpc) is 3.44.